The Bertz CT molecular complexity index is 598. The maximum atomic E-state index is 11.5. The minimum Gasteiger partial charge on any atom is -0.461 e. The van der Waals surface area contributed by atoms with Crippen LogP contribution in [0.25, 0.3) is 11.1 Å². The van der Waals surface area contributed by atoms with E-state index in [1.165, 1.54) is 0 Å². The summed E-state index contributed by atoms with van der Waals surface area (Å²) in [6.45, 7) is 0. The molecule has 0 fully saturated rings. The van der Waals surface area contributed by atoms with Crippen LogP contribution in [-0.2, 0) is 0 Å². The molecule has 0 amide bonds. The van der Waals surface area contributed by atoms with E-state index in [4.69, 9.17) is 9.68 Å². The number of fused-ring (bicyclic) bond motifs is 1. The number of halogens is 1. The molecule has 2 rings (SSSR count). The molecular formula is C9H3BrN2O2. The first-order chi connectivity index (χ1) is 6.72. The molecule has 0 radical (unpaired) electrons. The molecule has 0 aliphatic carbocycles. The Morgan fingerprint density at radius 1 is 1.50 bits per heavy atom. The van der Waals surface area contributed by atoms with Gasteiger partial charge < -0.3 is 4.42 Å². The zero-order valence-corrected chi connectivity index (χ0v) is 8.41. The SMILES string of the molecule is N#Cc1coc2ccc(Br)nc2c1=O. The summed E-state index contributed by atoms with van der Waals surface area (Å²) < 4.78 is 5.60. The molecule has 0 saturated heterocycles. The highest BCUT2D eigenvalue weighted by atomic mass is 79.9. The lowest BCUT2D eigenvalue weighted by Gasteiger charge is -1.95. The Kier molecular flexibility index (Phi) is 2.06. The van der Waals surface area contributed by atoms with E-state index in [0.29, 0.717) is 10.2 Å². The average molecular weight is 251 g/mol. The van der Waals surface area contributed by atoms with Crippen LogP contribution in [0.3, 0.4) is 0 Å². The van der Waals surface area contributed by atoms with E-state index < -0.39 is 5.43 Å². The molecule has 0 aromatic carbocycles. The fraction of sp³-hybridized carbons (Fsp3) is 0. The van der Waals surface area contributed by atoms with Crippen molar-refractivity contribution in [1.82, 2.24) is 4.98 Å². The summed E-state index contributed by atoms with van der Waals surface area (Å²) in [6.07, 6.45) is 1.14. The molecule has 0 atom stereocenters. The molecule has 0 N–H and O–H groups in total. The monoisotopic (exact) mass is 250 g/mol. The van der Waals surface area contributed by atoms with Crippen LogP contribution in [0.1, 0.15) is 5.56 Å². The van der Waals surface area contributed by atoms with Crippen molar-refractivity contribution >= 4 is 27.0 Å². The van der Waals surface area contributed by atoms with E-state index in [9.17, 15) is 4.79 Å². The molecule has 0 aliphatic rings. The van der Waals surface area contributed by atoms with Crippen molar-refractivity contribution in [3.8, 4) is 6.07 Å². The third-order valence-electron chi connectivity index (χ3n) is 1.71. The summed E-state index contributed by atoms with van der Waals surface area (Å²) in [4.78, 5) is 15.5. The van der Waals surface area contributed by atoms with Gasteiger partial charge in [0.2, 0.25) is 5.43 Å². The van der Waals surface area contributed by atoms with Gasteiger partial charge in [-0.3, -0.25) is 4.79 Å². The Morgan fingerprint density at radius 2 is 2.29 bits per heavy atom. The second-order valence-corrected chi connectivity index (χ2v) is 3.38. The van der Waals surface area contributed by atoms with Crippen LogP contribution in [0.4, 0.5) is 0 Å². The molecule has 2 heterocycles. The summed E-state index contributed by atoms with van der Waals surface area (Å²) in [6, 6.07) is 5.03. The topological polar surface area (TPSA) is 66.9 Å². The summed E-state index contributed by atoms with van der Waals surface area (Å²) >= 11 is 3.14. The summed E-state index contributed by atoms with van der Waals surface area (Å²) in [5.41, 5.74) is 0.0915. The third kappa shape index (κ3) is 1.30. The molecule has 0 bridgehead atoms. The number of pyridine rings is 1. The summed E-state index contributed by atoms with van der Waals surface area (Å²) in [5.74, 6) is 0. The van der Waals surface area contributed by atoms with Gasteiger partial charge in [0.05, 0.1) is 0 Å². The van der Waals surface area contributed by atoms with Crippen LogP contribution in [0.2, 0.25) is 0 Å². The highest BCUT2D eigenvalue weighted by Crippen LogP contribution is 2.13. The van der Waals surface area contributed by atoms with Crippen molar-refractivity contribution in [3.63, 3.8) is 0 Å². The first-order valence-corrected chi connectivity index (χ1v) is 4.50. The maximum Gasteiger partial charge on any atom is 0.228 e. The van der Waals surface area contributed by atoms with Crippen molar-refractivity contribution in [2.75, 3.05) is 0 Å². The van der Waals surface area contributed by atoms with Gasteiger partial charge in [-0.15, -0.1) is 0 Å². The molecule has 2 aromatic heterocycles. The van der Waals surface area contributed by atoms with E-state index in [-0.39, 0.29) is 11.1 Å². The van der Waals surface area contributed by atoms with E-state index >= 15 is 0 Å². The van der Waals surface area contributed by atoms with E-state index in [0.717, 1.165) is 6.26 Å². The molecule has 2 aromatic rings. The summed E-state index contributed by atoms with van der Waals surface area (Å²) in [7, 11) is 0. The van der Waals surface area contributed by atoms with E-state index in [2.05, 4.69) is 20.9 Å². The van der Waals surface area contributed by atoms with Crippen molar-refractivity contribution < 1.29 is 4.42 Å². The van der Waals surface area contributed by atoms with Gasteiger partial charge in [-0.05, 0) is 28.1 Å². The van der Waals surface area contributed by atoms with Crippen LogP contribution >= 0.6 is 15.9 Å². The zero-order chi connectivity index (χ0) is 10.1. The predicted molar refractivity (Wildman–Crippen MR) is 52.7 cm³/mol. The molecular weight excluding hydrogens is 248 g/mol. The fourth-order valence-electron chi connectivity index (χ4n) is 1.06. The minimum atomic E-state index is -0.407. The third-order valence-corrected chi connectivity index (χ3v) is 2.15. The van der Waals surface area contributed by atoms with Gasteiger partial charge in [0.15, 0.2) is 11.1 Å². The lowest BCUT2D eigenvalue weighted by Crippen LogP contribution is -2.07. The van der Waals surface area contributed by atoms with Gasteiger partial charge in [0.25, 0.3) is 0 Å². The Balaban J connectivity index is 2.96. The second-order valence-electron chi connectivity index (χ2n) is 2.57. The molecule has 0 aliphatic heterocycles. The van der Waals surface area contributed by atoms with Gasteiger partial charge >= 0.3 is 0 Å². The predicted octanol–water partition coefficient (Wildman–Crippen LogP) is 1.82. The Hall–Kier alpha value is -1.67. The normalized spacial score (nSPS) is 10.0. The van der Waals surface area contributed by atoms with Crippen LogP contribution < -0.4 is 5.43 Å². The lowest BCUT2D eigenvalue weighted by molar-refractivity contribution is 0.598. The molecule has 14 heavy (non-hydrogen) atoms. The molecule has 4 nitrogen and oxygen atoms in total. The molecule has 68 valence electrons. The first-order valence-electron chi connectivity index (χ1n) is 3.70. The molecule has 0 unspecified atom stereocenters. The van der Waals surface area contributed by atoms with Gasteiger partial charge in [0, 0.05) is 0 Å². The number of hydrogen-bond donors (Lipinski definition) is 0. The highest BCUT2D eigenvalue weighted by Gasteiger charge is 2.07. The zero-order valence-electron chi connectivity index (χ0n) is 6.82. The second kappa shape index (κ2) is 3.24. The van der Waals surface area contributed by atoms with Crippen LogP contribution in [0, 0.1) is 11.3 Å². The fourth-order valence-corrected chi connectivity index (χ4v) is 1.37. The van der Waals surface area contributed by atoms with E-state index in [1.54, 1.807) is 18.2 Å². The Labute approximate surface area is 86.9 Å². The van der Waals surface area contributed by atoms with Crippen LogP contribution in [-0.4, -0.2) is 4.98 Å². The maximum absolute atomic E-state index is 11.5. The number of nitrogens with zero attached hydrogens (tertiary/aromatic N) is 2. The van der Waals surface area contributed by atoms with Crippen molar-refractivity contribution in [2.24, 2.45) is 0 Å². The first kappa shape index (κ1) is 8.91. The standard InChI is InChI=1S/C9H3BrN2O2/c10-7-2-1-6-8(12-7)9(13)5(3-11)4-14-6/h1-2,4H. The van der Waals surface area contributed by atoms with Crippen molar-refractivity contribution in [2.45, 2.75) is 0 Å². The van der Waals surface area contributed by atoms with Crippen LogP contribution in [0.5, 0.6) is 0 Å². The minimum absolute atomic E-state index is 0.0388. The van der Waals surface area contributed by atoms with Gasteiger partial charge in [-0.2, -0.15) is 5.26 Å². The molecule has 0 saturated carbocycles. The number of rotatable bonds is 0. The van der Waals surface area contributed by atoms with E-state index in [1.807, 2.05) is 0 Å². The van der Waals surface area contributed by atoms with Gasteiger partial charge in [-0.25, -0.2) is 4.98 Å². The lowest BCUT2D eigenvalue weighted by atomic mass is 10.2. The van der Waals surface area contributed by atoms with Gasteiger partial charge in [-0.1, -0.05) is 0 Å². The van der Waals surface area contributed by atoms with Crippen molar-refractivity contribution in [1.29, 1.82) is 5.26 Å². The largest absolute Gasteiger partial charge is 0.461 e. The number of nitriles is 1. The quantitative estimate of drug-likeness (QED) is 0.670. The van der Waals surface area contributed by atoms with Crippen LogP contribution in [0.15, 0.2) is 32.2 Å². The number of aromatic nitrogens is 1. The highest BCUT2D eigenvalue weighted by molar-refractivity contribution is 9.10. The Morgan fingerprint density at radius 3 is 3.00 bits per heavy atom. The van der Waals surface area contributed by atoms with Crippen molar-refractivity contribution in [3.05, 3.63) is 38.8 Å². The molecule has 0 spiro atoms. The van der Waals surface area contributed by atoms with Gasteiger partial charge in [0.1, 0.15) is 22.5 Å². The number of hydrogen-bond acceptors (Lipinski definition) is 4. The smallest absolute Gasteiger partial charge is 0.228 e. The molecule has 5 heteroatoms. The average Bonchev–Trinajstić information content (AvgIpc) is 2.20. The summed E-state index contributed by atoms with van der Waals surface area (Å²) in [5, 5.41) is 8.60.